The number of aromatic nitrogens is 3. The van der Waals surface area contributed by atoms with Crippen LogP contribution in [0.4, 0.5) is 10.5 Å². The predicted octanol–water partition coefficient (Wildman–Crippen LogP) is 4.53. The largest absolute Gasteiger partial charge is 0.322 e. The number of halogens is 1. The lowest BCUT2D eigenvalue weighted by Gasteiger charge is -2.30. The van der Waals surface area contributed by atoms with Crippen molar-refractivity contribution in [3.8, 4) is 0 Å². The zero-order valence-electron chi connectivity index (χ0n) is 14.3. The van der Waals surface area contributed by atoms with Gasteiger partial charge in [-0.3, -0.25) is 0 Å². The van der Waals surface area contributed by atoms with Gasteiger partial charge in [0.25, 0.3) is 0 Å². The molecule has 0 radical (unpaired) electrons. The van der Waals surface area contributed by atoms with Crippen molar-refractivity contribution < 1.29 is 4.79 Å². The number of amides is 2. The molecule has 6 nitrogen and oxygen atoms in total. The monoisotopic (exact) mass is 369 g/mol. The van der Waals surface area contributed by atoms with Crippen molar-refractivity contribution in [2.24, 2.45) is 0 Å². The van der Waals surface area contributed by atoms with E-state index in [1.54, 1.807) is 29.2 Å². The van der Waals surface area contributed by atoms with Gasteiger partial charge in [-0.25, -0.2) is 14.3 Å². The summed E-state index contributed by atoms with van der Waals surface area (Å²) < 4.78 is 1.65. The average molecular weight is 370 g/mol. The van der Waals surface area contributed by atoms with E-state index >= 15 is 0 Å². The highest BCUT2D eigenvalue weighted by atomic mass is 35.5. The molecular weight excluding hydrogens is 350 g/mol. The number of carbonyl (C=O) groups excluding carboxylic acids is 1. The van der Waals surface area contributed by atoms with E-state index in [9.17, 15) is 4.79 Å². The van der Waals surface area contributed by atoms with Crippen molar-refractivity contribution in [3.63, 3.8) is 0 Å². The normalized spacial score (nSPS) is 17.9. The summed E-state index contributed by atoms with van der Waals surface area (Å²) in [5.41, 5.74) is 2.37. The van der Waals surface area contributed by atoms with Gasteiger partial charge in [0.05, 0.1) is 12.2 Å². The standard InChI is InChI=1S/C19H20ClN5O/c20-15-8-6-14(7-9-15)17-5-2-1-3-11-24(17)19(26)23-16-13-22-25-12-4-10-21-18(16)25/h4,6-10,12-13,17H,1-3,5,11H2,(H,23,26). The van der Waals surface area contributed by atoms with Gasteiger partial charge in [-0.2, -0.15) is 5.10 Å². The summed E-state index contributed by atoms with van der Waals surface area (Å²) in [5, 5.41) is 7.92. The summed E-state index contributed by atoms with van der Waals surface area (Å²) in [6, 6.07) is 9.51. The van der Waals surface area contributed by atoms with Crippen LogP contribution < -0.4 is 5.32 Å². The Morgan fingerprint density at radius 1 is 1.19 bits per heavy atom. The number of hydrogen-bond donors (Lipinski definition) is 1. The number of likely N-dealkylation sites (tertiary alicyclic amines) is 1. The molecule has 3 aromatic rings. The SMILES string of the molecule is O=C(Nc1cnn2cccnc12)N1CCCCCC1c1ccc(Cl)cc1. The van der Waals surface area contributed by atoms with Crippen LogP contribution >= 0.6 is 11.6 Å². The van der Waals surface area contributed by atoms with E-state index in [-0.39, 0.29) is 12.1 Å². The molecule has 134 valence electrons. The maximum Gasteiger partial charge on any atom is 0.322 e. The molecule has 1 fully saturated rings. The first-order valence-electron chi connectivity index (χ1n) is 8.84. The van der Waals surface area contributed by atoms with E-state index < -0.39 is 0 Å². The minimum atomic E-state index is -0.118. The van der Waals surface area contributed by atoms with Gasteiger partial charge in [0.1, 0.15) is 5.69 Å². The second kappa shape index (κ2) is 7.33. The summed E-state index contributed by atoms with van der Waals surface area (Å²) in [6.45, 7) is 0.728. The van der Waals surface area contributed by atoms with E-state index in [1.165, 1.54) is 0 Å². The van der Waals surface area contributed by atoms with Gasteiger partial charge in [-0.05, 0) is 36.6 Å². The maximum atomic E-state index is 13.0. The highest BCUT2D eigenvalue weighted by Gasteiger charge is 2.27. The van der Waals surface area contributed by atoms with Crippen molar-refractivity contribution in [2.45, 2.75) is 31.7 Å². The van der Waals surface area contributed by atoms with E-state index in [0.29, 0.717) is 16.4 Å². The molecule has 0 saturated carbocycles. The fourth-order valence-corrected chi connectivity index (χ4v) is 3.61. The summed E-state index contributed by atoms with van der Waals surface area (Å²) in [7, 11) is 0. The minimum absolute atomic E-state index is 0.0459. The van der Waals surface area contributed by atoms with Crippen molar-refractivity contribution in [1.29, 1.82) is 0 Å². The second-order valence-electron chi connectivity index (χ2n) is 6.49. The Kier molecular flexibility index (Phi) is 4.75. The lowest BCUT2D eigenvalue weighted by Crippen LogP contribution is -2.38. The van der Waals surface area contributed by atoms with Crippen LogP contribution in [0.2, 0.25) is 5.02 Å². The number of nitrogens with one attached hydrogen (secondary N) is 1. The van der Waals surface area contributed by atoms with Gasteiger partial charge in [0.2, 0.25) is 0 Å². The molecule has 1 aliphatic heterocycles. The van der Waals surface area contributed by atoms with Gasteiger partial charge in [-0.1, -0.05) is 36.6 Å². The molecule has 0 spiro atoms. The number of rotatable bonds is 2. The zero-order valence-corrected chi connectivity index (χ0v) is 15.1. The number of carbonyl (C=O) groups is 1. The molecule has 0 bridgehead atoms. The molecule has 26 heavy (non-hydrogen) atoms. The van der Waals surface area contributed by atoms with Crippen LogP contribution in [0.1, 0.15) is 37.3 Å². The van der Waals surface area contributed by atoms with Gasteiger partial charge in [-0.15, -0.1) is 0 Å². The van der Waals surface area contributed by atoms with Crippen LogP contribution in [0.3, 0.4) is 0 Å². The smallest absolute Gasteiger partial charge is 0.317 e. The predicted molar refractivity (Wildman–Crippen MR) is 101 cm³/mol. The first-order chi connectivity index (χ1) is 12.7. The molecule has 2 aromatic heterocycles. The number of hydrogen-bond acceptors (Lipinski definition) is 3. The number of anilines is 1. The summed E-state index contributed by atoms with van der Waals surface area (Å²) >= 11 is 6.02. The molecule has 1 aliphatic rings. The third-order valence-corrected chi connectivity index (χ3v) is 5.04. The maximum absolute atomic E-state index is 13.0. The molecule has 1 saturated heterocycles. The van der Waals surface area contributed by atoms with Gasteiger partial charge in [0.15, 0.2) is 5.65 Å². The Balaban J connectivity index is 1.60. The lowest BCUT2D eigenvalue weighted by molar-refractivity contribution is 0.189. The van der Waals surface area contributed by atoms with E-state index in [2.05, 4.69) is 15.4 Å². The van der Waals surface area contributed by atoms with E-state index in [4.69, 9.17) is 11.6 Å². The molecule has 7 heteroatoms. The van der Waals surface area contributed by atoms with Gasteiger partial charge < -0.3 is 10.2 Å². The molecule has 1 N–H and O–H groups in total. The van der Waals surface area contributed by atoms with Crippen LogP contribution in [-0.2, 0) is 0 Å². The Morgan fingerprint density at radius 3 is 2.88 bits per heavy atom. The zero-order chi connectivity index (χ0) is 17.9. The van der Waals surface area contributed by atoms with Crippen LogP contribution in [0, 0.1) is 0 Å². The van der Waals surface area contributed by atoms with Crippen LogP contribution in [-0.4, -0.2) is 32.1 Å². The highest BCUT2D eigenvalue weighted by molar-refractivity contribution is 6.30. The number of urea groups is 1. The van der Waals surface area contributed by atoms with Crippen molar-refractivity contribution in [1.82, 2.24) is 19.5 Å². The Hall–Kier alpha value is -2.60. The first-order valence-corrected chi connectivity index (χ1v) is 9.21. The number of benzene rings is 1. The lowest BCUT2D eigenvalue weighted by atomic mass is 10.0. The Labute approximate surface area is 156 Å². The molecule has 2 amide bonds. The van der Waals surface area contributed by atoms with Gasteiger partial charge in [0, 0.05) is 24.0 Å². The highest BCUT2D eigenvalue weighted by Crippen LogP contribution is 2.31. The number of fused-ring (bicyclic) bond motifs is 1. The second-order valence-corrected chi connectivity index (χ2v) is 6.92. The Bertz CT molecular complexity index is 908. The third kappa shape index (κ3) is 3.37. The van der Waals surface area contributed by atoms with Crippen molar-refractivity contribution >= 4 is 29.0 Å². The fraction of sp³-hybridized carbons (Fsp3) is 0.316. The molecule has 1 atom stereocenters. The van der Waals surface area contributed by atoms with Crippen LogP contribution in [0.25, 0.3) is 5.65 Å². The molecule has 4 rings (SSSR count). The molecular formula is C19H20ClN5O. The summed E-state index contributed by atoms with van der Waals surface area (Å²) in [4.78, 5) is 19.3. The first kappa shape index (κ1) is 16.8. The fourth-order valence-electron chi connectivity index (χ4n) is 3.49. The third-order valence-electron chi connectivity index (χ3n) is 4.79. The van der Waals surface area contributed by atoms with E-state index in [0.717, 1.165) is 37.8 Å². The summed E-state index contributed by atoms with van der Waals surface area (Å²) in [6.07, 6.45) is 9.32. The van der Waals surface area contributed by atoms with Crippen LogP contribution in [0.15, 0.2) is 48.9 Å². The van der Waals surface area contributed by atoms with Crippen molar-refractivity contribution in [2.75, 3.05) is 11.9 Å². The van der Waals surface area contributed by atoms with Crippen LogP contribution in [0.5, 0.6) is 0 Å². The Morgan fingerprint density at radius 2 is 2.04 bits per heavy atom. The molecule has 1 unspecified atom stereocenters. The minimum Gasteiger partial charge on any atom is -0.317 e. The van der Waals surface area contributed by atoms with Gasteiger partial charge >= 0.3 is 6.03 Å². The quantitative estimate of drug-likeness (QED) is 0.721. The average Bonchev–Trinajstić information content (AvgIpc) is 2.89. The molecule has 3 heterocycles. The van der Waals surface area contributed by atoms with E-state index in [1.807, 2.05) is 29.2 Å². The topological polar surface area (TPSA) is 62.5 Å². The number of nitrogens with zero attached hydrogens (tertiary/aromatic N) is 4. The molecule has 1 aromatic carbocycles. The van der Waals surface area contributed by atoms with Crippen molar-refractivity contribution in [3.05, 3.63) is 59.5 Å². The summed E-state index contributed by atoms with van der Waals surface area (Å²) in [5.74, 6) is 0. The molecule has 0 aliphatic carbocycles.